The molecular weight excluding hydrogens is 334 g/mol. The van der Waals surface area contributed by atoms with Crippen molar-refractivity contribution < 1.29 is 23.8 Å². The lowest BCUT2D eigenvalue weighted by Gasteiger charge is -2.27. The summed E-state index contributed by atoms with van der Waals surface area (Å²) < 4.78 is 15.4. The van der Waals surface area contributed by atoms with Gasteiger partial charge in [-0.2, -0.15) is 0 Å². The van der Waals surface area contributed by atoms with Crippen molar-refractivity contribution in [1.82, 2.24) is 4.90 Å². The Bertz CT molecular complexity index is 373. The molecule has 0 saturated carbocycles. The van der Waals surface area contributed by atoms with Gasteiger partial charge in [0.05, 0.1) is 13.2 Å². The predicted molar refractivity (Wildman–Crippen MR) is 103 cm³/mol. The summed E-state index contributed by atoms with van der Waals surface area (Å²) in [6, 6.07) is -0.616. The van der Waals surface area contributed by atoms with Crippen LogP contribution in [0, 0.1) is 5.92 Å². The van der Waals surface area contributed by atoms with E-state index in [1.807, 2.05) is 13.8 Å². The van der Waals surface area contributed by atoms with Crippen LogP contribution in [-0.4, -0.2) is 57.0 Å². The molecule has 0 saturated heterocycles. The maximum atomic E-state index is 12.4. The fraction of sp³-hybridized carbons (Fsp3) is 0.900. The number of esters is 1. The van der Waals surface area contributed by atoms with Crippen molar-refractivity contribution >= 4 is 12.1 Å². The third-order valence-corrected chi connectivity index (χ3v) is 4.23. The van der Waals surface area contributed by atoms with Crippen molar-refractivity contribution in [3.05, 3.63) is 0 Å². The lowest BCUT2D eigenvalue weighted by atomic mass is 10.0. The first-order valence-corrected chi connectivity index (χ1v) is 9.99. The molecular formula is C20H39NO5. The number of methoxy groups -OCH3 is 1. The van der Waals surface area contributed by atoms with Crippen LogP contribution in [0.25, 0.3) is 0 Å². The molecule has 0 aliphatic heterocycles. The van der Waals surface area contributed by atoms with Gasteiger partial charge in [0.2, 0.25) is 0 Å². The van der Waals surface area contributed by atoms with Crippen LogP contribution in [0.3, 0.4) is 0 Å². The van der Waals surface area contributed by atoms with Gasteiger partial charge in [-0.05, 0) is 18.8 Å². The molecule has 154 valence electrons. The predicted octanol–water partition coefficient (Wildman–Crippen LogP) is 4.41. The Hall–Kier alpha value is -1.30. The van der Waals surface area contributed by atoms with E-state index in [9.17, 15) is 9.59 Å². The summed E-state index contributed by atoms with van der Waals surface area (Å²) in [5.74, 6) is -0.0868. The molecule has 26 heavy (non-hydrogen) atoms. The Morgan fingerprint density at radius 1 is 0.885 bits per heavy atom. The van der Waals surface area contributed by atoms with Crippen LogP contribution in [-0.2, 0) is 19.0 Å². The van der Waals surface area contributed by atoms with Gasteiger partial charge in [0.25, 0.3) is 0 Å². The van der Waals surface area contributed by atoms with Crippen LogP contribution in [0.4, 0.5) is 4.79 Å². The molecule has 0 aliphatic carbocycles. The van der Waals surface area contributed by atoms with Gasteiger partial charge >= 0.3 is 12.1 Å². The Morgan fingerprint density at radius 2 is 1.50 bits per heavy atom. The van der Waals surface area contributed by atoms with Crippen molar-refractivity contribution in [3.63, 3.8) is 0 Å². The smallest absolute Gasteiger partial charge is 0.410 e. The molecule has 1 unspecified atom stereocenters. The van der Waals surface area contributed by atoms with E-state index in [0.29, 0.717) is 19.6 Å². The second kappa shape index (κ2) is 15.9. The van der Waals surface area contributed by atoms with Crippen molar-refractivity contribution in [2.75, 3.05) is 34.0 Å². The van der Waals surface area contributed by atoms with Gasteiger partial charge in [0.1, 0.15) is 12.6 Å². The number of hydrogen-bond acceptors (Lipinski definition) is 5. The number of nitrogens with zero attached hydrogens (tertiary/aromatic N) is 1. The zero-order chi connectivity index (χ0) is 19.8. The van der Waals surface area contributed by atoms with Crippen LogP contribution < -0.4 is 0 Å². The van der Waals surface area contributed by atoms with E-state index in [0.717, 1.165) is 12.8 Å². The number of amides is 1. The maximum Gasteiger partial charge on any atom is 0.410 e. The van der Waals surface area contributed by atoms with E-state index in [-0.39, 0.29) is 18.5 Å². The Labute approximate surface area is 159 Å². The van der Waals surface area contributed by atoms with Crippen LogP contribution in [0.5, 0.6) is 0 Å². The second-order valence-corrected chi connectivity index (χ2v) is 7.15. The minimum absolute atomic E-state index is 0.168. The zero-order valence-corrected chi connectivity index (χ0v) is 17.4. The lowest BCUT2D eigenvalue weighted by Crippen LogP contribution is -2.44. The normalized spacial score (nSPS) is 12.1. The molecule has 0 radical (unpaired) electrons. The third kappa shape index (κ3) is 12.1. The highest BCUT2D eigenvalue weighted by molar-refractivity contribution is 5.81. The number of carbonyl (C=O) groups excluding carboxylic acids is 2. The minimum atomic E-state index is -0.616. The molecule has 0 aliphatic rings. The lowest BCUT2D eigenvalue weighted by molar-refractivity contribution is -0.149. The van der Waals surface area contributed by atoms with Gasteiger partial charge in [0.15, 0.2) is 0 Å². The van der Waals surface area contributed by atoms with Gasteiger partial charge in [-0.25, -0.2) is 9.59 Å². The van der Waals surface area contributed by atoms with Crippen molar-refractivity contribution in [2.45, 2.75) is 78.2 Å². The first-order valence-electron chi connectivity index (χ1n) is 9.99. The molecule has 0 bridgehead atoms. The van der Waals surface area contributed by atoms with Crippen LogP contribution >= 0.6 is 0 Å². The standard InChI is InChI=1S/C20H39NO5/c1-6-7-8-9-10-11-12-13-25-19(22)18(16-17(2)3)21(4)20(23)26-15-14-24-5/h17-18H,6-16H2,1-5H3. The monoisotopic (exact) mass is 373 g/mol. The molecule has 6 nitrogen and oxygen atoms in total. The largest absolute Gasteiger partial charge is 0.464 e. The Balaban J connectivity index is 4.27. The van der Waals surface area contributed by atoms with Gasteiger partial charge in [-0.1, -0.05) is 59.3 Å². The summed E-state index contributed by atoms with van der Waals surface area (Å²) in [7, 11) is 3.12. The highest BCUT2D eigenvalue weighted by Crippen LogP contribution is 2.14. The summed E-state index contributed by atoms with van der Waals surface area (Å²) in [4.78, 5) is 25.9. The SMILES string of the molecule is CCCCCCCCCOC(=O)C(CC(C)C)N(C)C(=O)OCCOC. The number of ether oxygens (including phenoxy) is 3. The first kappa shape index (κ1) is 24.7. The summed E-state index contributed by atoms with van der Waals surface area (Å²) in [6.07, 6.45) is 8.20. The Morgan fingerprint density at radius 3 is 2.08 bits per heavy atom. The minimum Gasteiger partial charge on any atom is -0.464 e. The molecule has 1 atom stereocenters. The number of hydrogen-bond donors (Lipinski definition) is 0. The van der Waals surface area contributed by atoms with Gasteiger partial charge in [-0.3, -0.25) is 4.90 Å². The van der Waals surface area contributed by atoms with Gasteiger partial charge in [-0.15, -0.1) is 0 Å². The van der Waals surface area contributed by atoms with Crippen LogP contribution in [0.2, 0.25) is 0 Å². The van der Waals surface area contributed by atoms with Gasteiger partial charge < -0.3 is 14.2 Å². The molecule has 0 N–H and O–H groups in total. The van der Waals surface area contributed by atoms with Crippen molar-refractivity contribution in [2.24, 2.45) is 5.92 Å². The zero-order valence-electron chi connectivity index (χ0n) is 17.4. The van der Waals surface area contributed by atoms with E-state index in [2.05, 4.69) is 6.92 Å². The van der Waals surface area contributed by atoms with E-state index in [4.69, 9.17) is 14.2 Å². The highest BCUT2D eigenvalue weighted by Gasteiger charge is 2.29. The molecule has 0 rings (SSSR count). The van der Waals surface area contributed by atoms with Crippen molar-refractivity contribution in [3.8, 4) is 0 Å². The first-order chi connectivity index (χ1) is 12.4. The summed E-state index contributed by atoms with van der Waals surface area (Å²) in [6.45, 7) is 7.14. The number of likely N-dealkylation sites (N-methyl/N-ethyl adjacent to an activating group) is 1. The molecule has 0 aromatic rings. The highest BCUT2D eigenvalue weighted by atomic mass is 16.6. The average Bonchev–Trinajstić information content (AvgIpc) is 2.61. The summed E-state index contributed by atoms with van der Waals surface area (Å²) >= 11 is 0. The molecule has 0 aromatic carbocycles. The topological polar surface area (TPSA) is 65.1 Å². The van der Waals surface area contributed by atoms with Crippen LogP contribution in [0.15, 0.2) is 0 Å². The van der Waals surface area contributed by atoms with E-state index in [1.165, 1.54) is 37.0 Å². The number of rotatable bonds is 15. The Kier molecular flexibility index (Phi) is 15.1. The average molecular weight is 374 g/mol. The fourth-order valence-electron chi connectivity index (χ4n) is 2.63. The summed E-state index contributed by atoms with van der Waals surface area (Å²) in [5.41, 5.74) is 0. The van der Waals surface area contributed by atoms with E-state index in [1.54, 1.807) is 14.2 Å². The van der Waals surface area contributed by atoms with Gasteiger partial charge in [0, 0.05) is 14.2 Å². The number of carbonyl (C=O) groups is 2. The van der Waals surface area contributed by atoms with E-state index >= 15 is 0 Å². The third-order valence-electron chi connectivity index (χ3n) is 4.23. The molecule has 1 amide bonds. The molecule has 0 aromatic heterocycles. The quantitative estimate of drug-likeness (QED) is 0.314. The van der Waals surface area contributed by atoms with Crippen molar-refractivity contribution in [1.29, 1.82) is 0 Å². The molecule has 0 fully saturated rings. The molecule has 0 spiro atoms. The summed E-state index contributed by atoms with van der Waals surface area (Å²) in [5, 5.41) is 0. The van der Waals surface area contributed by atoms with E-state index < -0.39 is 12.1 Å². The maximum absolute atomic E-state index is 12.4. The fourth-order valence-corrected chi connectivity index (χ4v) is 2.63. The molecule has 6 heteroatoms. The van der Waals surface area contributed by atoms with Crippen LogP contribution in [0.1, 0.15) is 72.1 Å². The number of unbranched alkanes of at least 4 members (excludes halogenated alkanes) is 6. The second-order valence-electron chi connectivity index (χ2n) is 7.15. The molecule has 0 heterocycles.